The summed E-state index contributed by atoms with van der Waals surface area (Å²) in [7, 11) is 1.82. The highest BCUT2D eigenvalue weighted by Crippen LogP contribution is 2.44. The largest absolute Gasteiger partial charge is 1.00 e. The average Bonchev–Trinajstić information content (AvgIpc) is 1.67. The first-order chi connectivity index (χ1) is 59.2. The van der Waals surface area contributed by atoms with Crippen LogP contribution in [0.1, 0.15) is 168 Å². The Bertz CT molecular complexity index is 4920. The SMILES string of the molecule is COC1CCN(Cc2ccccc2)CC1.Cl.O=C1/C(=C/C2CCN(Cc3ccccc3)CC2)Cc2cc(CO)c(CO)cc21.O=C1CCN(Cc2ccccc2)CC1.O=C1CCc2cc(CO)c(CO)cc21.O=C1c2cc(CO)c(CO)cc2CC1CC1CCN(Cc2ccccc2)CC1.OCC=P(c1ccccc1)(c1ccccc1)c1ccccc1.[Cl-]. The minimum Gasteiger partial charge on any atom is -1.00 e. The number of ketones is 4. The molecule has 4 aliphatic heterocycles. The van der Waals surface area contributed by atoms with Crippen LogP contribution in [-0.2, 0) is 94.6 Å². The van der Waals surface area contributed by atoms with Crippen molar-refractivity contribution in [3.63, 3.8) is 0 Å². The number of carbonyl (C=O) groups is 4. The zero-order valence-electron chi connectivity index (χ0n) is 71.0. The molecule has 1 unspecified atom stereocenters. The van der Waals surface area contributed by atoms with Gasteiger partial charge in [0, 0.05) is 113 Å². The van der Waals surface area contributed by atoms with Crippen molar-refractivity contribution in [3.8, 4) is 0 Å². The van der Waals surface area contributed by atoms with Crippen LogP contribution >= 0.6 is 19.3 Å². The van der Waals surface area contributed by atoms with Crippen LogP contribution in [0.5, 0.6) is 0 Å². The normalized spacial score (nSPS) is 17.2. The Kier molecular flexibility index (Phi) is 38.8. The zero-order chi connectivity index (χ0) is 84.7. The minimum atomic E-state index is -1.93. The van der Waals surface area contributed by atoms with Crippen molar-refractivity contribution in [3.05, 3.63) is 349 Å². The number of Topliss-reactive ketones (excluding diaryl/α,β-unsaturated/α-hetero) is 4. The molecule has 19 heteroatoms. The molecule has 7 N–H and O–H groups in total. The fraction of sp³-hybridized carbons (Fsp3) is 0.356. The van der Waals surface area contributed by atoms with Gasteiger partial charge in [-0.1, -0.05) is 237 Å². The number of hydrogen-bond acceptors (Lipinski definition) is 16. The molecule has 0 radical (unpaired) electrons. The van der Waals surface area contributed by atoms with E-state index in [4.69, 9.17) is 14.9 Å². The standard InChI is InChI=1S/C24H29NO3.C24H27NO3.C20H19OP.C13H19NO.C12H15NO.C11H12O3.2ClH/c2*26-15-21-12-19-11-20(24(28)23(19)13-22(21)16-27)10-17-6-8-25(9-7-17)14-18-4-2-1-3-5-18;21-16-17-22(18-10-4-1-5-11-18,19-12-6-2-7-13-19)20-14-8-3-9-15-20;1-15-13-7-9-14(10-8-13)11-12-5-3-2-4-6-12;14-12-6-8-13(9-7-12)10-11-4-2-1-3-5-11;12-5-8-3-7-1-2-11(14)10(7)4-9(8)6-13;;/h1-5,12-13,17,20,26-27H,6-11,14-16H2;1-5,10,12-13,17,26-27H,6-9,11,14-16H2;1-15,17,21H,16H2;2-6,13H,7-11H2,1H3;1-5H,6-10H2;3-4,12-13H,1-2,5-6H2;2*1H/p-1/b;20-10+;;;;;;. The summed E-state index contributed by atoms with van der Waals surface area (Å²) in [5.41, 5.74) is 15.6. The molecule has 10 aromatic carbocycles. The van der Waals surface area contributed by atoms with Crippen LogP contribution in [0.2, 0.25) is 0 Å². The molecule has 0 saturated carbocycles. The second-order valence-electron chi connectivity index (χ2n) is 32.8. The molecule has 0 spiro atoms. The number of rotatable bonds is 22. The summed E-state index contributed by atoms with van der Waals surface area (Å²) in [4.78, 5) is 58.0. The average molecular weight is 1720 g/mol. The number of ether oxygens (including phenoxy) is 1. The Hall–Kier alpha value is -8.98. The van der Waals surface area contributed by atoms with Gasteiger partial charge in [-0.25, -0.2) is 0 Å². The van der Waals surface area contributed by atoms with Crippen LogP contribution < -0.4 is 28.3 Å². The third kappa shape index (κ3) is 26.8. The van der Waals surface area contributed by atoms with Crippen molar-refractivity contribution in [1.29, 1.82) is 0 Å². The van der Waals surface area contributed by atoms with E-state index in [1.807, 2.05) is 55.6 Å². The van der Waals surface area contributed by atoms with Crippen LogP contribution in [-0.4, -0.2) is 156 Å². The van der Waals surface area contributed by atoms with Gasteiger partial charge >= 0.3 is 0 Å². The van der Waals surface area contributed by atoms with Crippen LogP contribution in [0.3, 0.4) is 0 Å². The van der Waals surface area contributed by atoms with Gasteiger partial charge in [-0.05, 0) is 215 Å². The first-order valence-corrected chi connectivity index (χ1v) is 45.1. The summed E-state index contributed by atoms with van der Waals surface area (Å²) < 4.78 is 5.36. The van der Waals surface area contributed by atoms with Crippen molar-refractivity contribution in [2.24, 2.45) is 17.8 Å². The number of benzene rings is 10. The molecule has 17 rings (SSSR count). The molecule has 4 saturated heterocycles. The van der Waals surface area contributed by atoms with E-state index >= 15 is 0 Å². The molecule has 1 atom stereocenters. The number of hydrogen-bond donors (Lipinski definition) is 7. The molecular weight excluding hydrogens is 1600 g/mol. The molecule has 0 bridgehead atoms. The molecule has 16 nitrogen and oxygen atoms in total. The van der Waals surface area contributed by atoms with E-state index in [1.165, 1.54) is 51.0 Å². The van der Waals surface area contributed by atoms with Gasteiger partial charge < -0.3 is 52.9 Å². The predicted octanol–water partition coefficient (Wildman–Crippen LogP) is 11.7. The minimum absolute atomic E-state index is 0. The number of methoxy groups -OCH3 is 1. The number of allylic oxidation sites excluding steroid dienone is 2. The van der Waals surface area contributed by atoms with E-state index in [0.717, 1.165) is 175 Å². The Balaban J connectivity index is 0.000000158. The summed E-state index contributed by atoms with van der Waals surface area (Å²) in [6.07, 6.45) is 14.6. The third-order valence-electron chi connectivity index (χ3n) is 24.8. The highest BCUT2D eigenvalue weighted by Gasteiger charge is 2.35. The summed E-state index contributed by atoms with van der Waals surface area (Å²) in [6.45, 7) is 9.93. The lowest BCUT2D eigenvalue weighted by atomic mass is 9.85. The molecule has 3 aliphatic carbocycles. The maximum absolute atomic E-state index is 12.9. The monoisotopic (exact) mass is 1720 g/mol. The van der Waals surface area contributed by atoms with Gasteiger partial charge in [-0.2, -0.15) is 0 Å². The zero-order valence-corrected chi connectivity index (χ0v) is 73.4. The maximum Gasteiger partial charge on any atom is 0.189 e. The number of halogens is 2. The van der Waals surface area contributed by atoms with E-state index < -0.39 is 6.89 Å². The number of aliphatic hydroxyl groups excluding tert-OH is 7. The van der Waals surface area contributed by atoms with E-state index in [1.54, 1.807) is 18.2 Å². The maximum atomic E-state index is 12.9. The lowest BCUT2D eigenvalue weighted by Crippen LogP contribution is -3.00. The van der Waals surface area contributed by atoms with Gasteiger partial charge in [0.05, 0.1) is 52.4 Å². The summed E-state index contributed by atoms with van der Waals surface area (Å²) in [5, 5.41) is 69.6. The smallest absolute Gasteiger partial charge is 0.189 e. The number of carbonyl (C=O) groups excluding carboxylic acids is 4. The lowest BCUT2D eigenvalue weighted by molar-refractivity contribution is -0.121. The summed E-state index contributed by atoms with van der Waals surface area (Å²) in [6, 6.07) is 84.7. The summed E-state index contributed by atoms with van der Waals surface area (Å²) in [5.74, 6) is 4.05. The first-order valence-electron chi connectivity index (χ1n) is 43.2. The molecule has 4 heterocycles. The third-order valence-corrected chi connectivity index (χ3v) is 28.8. The molecule has 0 amide bonds. The number of aliphatic hydroxyl groups is 7. The van der Waals surface area contributed by atoms with Crippen molar-refractivity contribution < 1.29 is 72.1 Å². The topological polar surface area (TPSA) is 232 Å². The number of aryl methyl sites for hydroxylation is 1. The molecular formula is C104H122Cl2N4O12P-. The van der Waals surface area contributed by atoms with Crippen molar-refractivity contribution in [1.82, 2.24) is 19.6 Å². The first kappa shape index (κ1) is 96.2. The van der Waals surface area contributed by atoms with E-state index in [9.17, 15) is 44.7 Å². The van der Waals surface area contributed by atoms with Crippen molar-refractivity contribution in [2.45, 2.75) is 155 Å². The van der Waals surface area contributed by atoms with E-state index in [2.05, 4.69) is 213 Å². The number of piperidine rings is 4. The Morgan fingerprint density at radius 1 is 0.390 bits per heavy atom. The fourth-order valence-corrected chi connectivity index (χ4v) is 21.6. The van der Waals surface area contributed by atoms with E-state index in [-0.39, 0.29) is 94.3 Å². The van der Waals surface area contributed by atoms with Gasteiger partial charge in [0.25, 0.3) is 0 Å². The fourth-order valence-electron chi connectivity index (χ4n) is 17.9. The number of fused-ring (bicyclic) bond motifs is 3. The summed E-state index contributed by atoms with van der Waals surface area (Å²) >= 11 is 0. The van der Waals surface area contributed by atoms with Crippen molar-refractivity contribution >= 4 is 64.1 Å². The number of nitrogens with zero attached hydrogens (tertiary/aromatic N) is 4. The van der Waals surface area contributed by atoms with Crippen LogP contribution in [0.4, 0.5) is 0 Å². The second kappa shape index (κ2) is 49.6. The van der Waals surface area contributed by atoms with Crippen LogP contribution in [0.15, 0.2) is 260 Å². The van der Waals surface area contributed by atoms with Gasteiger partial charge in [-0.15, -0.1) is 12.4 Å². The van der Waals surface area contributed by atoms with Crippen LogP contribution in [0.25, 0.3) is 0 Å². The van der Waals surface area contributed by atoms with Gasteiger partial charge in [0.15, 0.2) is 17.3 Å². The quantitative estimate of drug-likeness (QED) is 0.0247. The van der Waals surface area contributed by atoms with Crippen molar-refractivity contribution in [2.75, 3.05) is 66.1 Å². The molecule has 4 fully saturated rings. The van der Waals surface area contributed by atoms with Gasteiger partial charge in [-0.3, -0.25) is 38.8 Å². The molecule has 10 aromatic rings. The van der Waals surface area contributed by atoms with Gasteiger partial charge in [0.2, 0.25) is 0 Å². The highest BCUT2D eigenvalue weighted by molar-refractivity contribution is 7.94. The Morgan fingerprint density at radius 2 is 0.740 bits per heavy atom. The van der Waals surface area contributed by atoms with E-state index in [0.29, 0.717) is 69.9 Å². The molecule has 650 valence electrons. The Morgan fingerprint density at radius 3 is 1.14 bits per heavy atom. The van der Waals surface area contributed by atoms with Gasteiger partial charge in [0.1, 0.15) is 5.78 Å². The van der Waals surface area contributed by atoms with Crippen LogP contribution in [0, 0.1) is 17.8 Å². The lowest BCUT2D eigenvalue weighted by Gasteiger charge is -2.33. The number of likely N-dealkylation sites (tertiary alicyclic amines) is 4. The molecule has 123 heavy (non-hydrogen) atoms. The second-order valence-corrected chi connectivity index (χ2v) is 36.2. The molecule has 0 aromatic heterocycles. The predicted molar refractivity (Wildman–Crippen MR) is 492 cm³/mol. The Labute approximate surface area is 739 Å². The molecule has 7 aliphatic rings. The highest BCUT2D eigenvalue weighted by atomic mass is 35.5.